The minimum atomic E-state index is -1.31. The second-order valence-electron chi connectivity index (χ2n) is 7.44. The molecule has 30 heavy (non-hydrogen) atoms. The van der Waals surface area contributed by atoms with Crippen molar-refractivity contribution in [1.82, 2.24) is 29.9 Å². The zero-order valence-electron chi connectivity index (χ0n) is 16.4. The van der Waals surface area contributed by atoms with Crippen LogP contribution in [-0.4, -0.2) is 35.1 Å². The number of pyridine rings is 1. The third-order valence-electron chi connectivity index (χ3n) is 5.35. The lowest BCUT2D eigenvalue weighted by Gasteiger charge is -2.23. The minimum absolute atomic E-state index is 0.496. The fraction of sp³-hybridized carbons (Fsp3) is 0.136. The molecule has 5 aromatic rings. The summed E-state index contributed by atoms with van der Waals surface area (Å²) in [6.45, 7) is 1.70. The van der Waals surface area contributed by atoms with Gasteiger partial charge in [-0.25, -0.2) is 4.98 Å². The highest BCUT2D eigenvalue weighted by Crippen LogP contribution is 2.36. The number of aromatic nitrogens is 6. The van der Waals surface area contributed by atoms with Crippen LogP contribution in [0.3, 0.4) is 0 Å². The molecule has 1 aromatic carbocycles. The van der Waals surface area contributed by atoms with E-state index in [1.165, 1.54) is 0 Å². The van der Waals surface area contributed by atoms with Gasteiger partial charge in [-0.1, -0.05) is 29.8 Å². The zero-order valence-corrected chi connectivity index (χ0v) is 17.1. The SMILES string of the molecule is Cn1cc(-c2cnc3[nH]cc(-c4cc(C(C)(O)c5ccccc5Cl)[nH]n4)c3c2)cn1. The van der Waals surface area contributed by atoms with Gasteiger partial charge in [0.05, 0.1) is 17.6 Å². The van der Waals surface area contributed by atoms with Gasteiger partial charge < -0.3 is 10.1 Å². The number of hydrogen-bond donors (Lipinski definition) is 3. The van der Waals surface area contributed by atoms with Crippen molar-refractivity contribution in [3.63, 3.8) is 0 Å². The van der Waals surface area contributed by atoms with Gasteiger partial charge in [0, 0.05) is 58.3 Å². The van der Waals surface area contributed by atoms with Crippen LogP contribution in [0.15, 0.2) is 61.2 Å². The summed E-state index contributed by atoms with van der Waals surface area (Å²) in [5.41, 5.74) is 4.17. The van der Waals surface area contributed by atoms with E-state index in [-0.39, 0.29) is 0 Å². The monoisotopic (exact) mass is 418 g/mol. The number of rotatable bonds is 4. The number of aliphatic hydroxyl groups is 1. The Hall–Kier alpha value is -3.42. The first-order valence-electron chi connectivity index (χ1n) is 9.43. The number of aryl methyl sites for hydroxylation is 1. The molecule has 8 heteroatoms. The van der Waals surface area contributed by atoms with E-state index in [1.54, 1.807) is 23.7 Å². The van der Waals surface area contributed by atoms with E-state index in [1.807, 2.05) is 50.0 Å². The Labute approximate surface area is 177 Å². The lowest BCUT2D eigenvalue weighted by molar-refractivity contribution is 0.0974. The highest BCUT2D eigenvalue weighted by atomic mass is 35.5. The van der Waals surface area contributed by atoms with Crippen LogP contribution >= 0.6 is 11.6 Å². The van der Waals surface area contributed by atoms with Gasteiger partial charge in [0.2, 0.25) is 0 Å². The predicted molar refractivity (Wildman–Crippen MR) is 116 cm³/mol. The molecule has 7 nitrogen and oxygen atoms in total. The molecule has 0 aliphatic carbocycles. The van der Waals surface area contributed by atoms with Gasteiger partial charge in [0.25, 0.3) is 0 Å². The third-order valence-corrected chi connectivity index (χ3v) is 5.68. The highest BCUT2D eigenvalue weighted by Gasteiger charge is 2.30. The van der Waals surface area contributed by atoms with Crippen molar-refractivity contribution in [2.45, 2.75) is 12.5 Å². The van der Waals surface area contributed by atoms with Crippen LogP contribution in [0.5, 0.6) is 0 Å². The van der Waals surface area contributed by atoms with E-state index in [9.17, 15) is 5.11 Å². The smallest absolute Gasteiger partial charge is 0.137 e. The Morgan fingerprint density at radius 1 is 1.13 bits per heavy atom. The van der Waals surface area contributed by atoms with Crippen LogP contribution in [0.4, 0.5) is 0 Å². The number of benzene rings is 1. The molecule has 0 bridgehead atoms. The van der Waals surface area contributed by atoms with Crippen molar-refractivity contribution >= 4 is 22.6 Å². The minimum Gasteiger partial charge on any atom is -0.379 e. The van der Waals surface area contributed by atoms with Gasteiger partial charge in [-0.15, -0.1) is 0 Å². The van der Waals surface area contributed by atoms with Gasteiger partial charge in [-0.3, -0.25) is 9.78 Å². The Kier molecular flexibility index (Phi) is 4.23. The number of nitrogens with one attached hydrogen (secondary N) is 2. The van der Waals surface area contributed by atoms with E-state index >= 15 is 0 Å². The Morgan fingerprint density at radius 3 is 2.73 bits per heavy atom. The molecule has 0 aliphatic rings. The van der Waals surface area contributed by atoms with E-state index in [4.69, 9.17) is 11.6 Å². The first-order valence-corrected chi connectivity index (χ1v) is 9.81. The molecule has 1 atom stereocenters. The van der Waals surface area contributed by atoms with Crippen LogP contribution in [0, 0.1) is 0 Å². The largest absolute Gasteiger partial charge is 0.379 e. The third kappa shape index (κ3) is 2.99. The van der Waals surface area contributed by atoms with E-state index in [0.717, 1.165) is 27.7 Å². The molecule has 3 N–H and O–H groups in total. The summed E-state index contributed by atoms with van der Waals surface area (Å²) < 4.78 is 1.76. The molecule has 0 saturated carbocycles. The standard InChI is InChI=1S/C22H19ClN6O/c1-22(30,17-5-3-4-6-18(17)23)20-8-19(27-28-20)16-11-25-21-15(16)7-13(9-24-21)14-10-26-29(2)12-14/h3-12,30H,1-2H3,(H,24,25)(H,27,28). The summed E-state index contributed by atoms with van der Waals surface area (Å²) in [6, 6.07) is 11.1. The topological polar surface area (TPSA) is 95.4 Å². The molecule has 5 rings (SSSR count). The van der Waals surface area contributed by atoms with Crippen LogP contribution in [0.1, 0.15) is 18.2 Å². The maximum Gasteiger partial charge on any atom is 0.137 e. The van der Waals surface area contributed by atoms with Gasteiger partial charge in [-0.05, 0) is 25.1 Å². The van der Waals surface area contributed by atoms with Crippen LogP contribution in [0.25, 0.3) is 33.4 Å². The molecule has 4 heterocycles. The van der Waals surface area contributed by atoms with Crippen molar-refractivity contribution < 1.29 is 5.11 Å². The Bertz CT molecular complexity index is 1360. The number of aromatic amines is 2. The average molecular weight is 419 g/mol. The maximum atomic E-state index is 11.2. The van der Waals surface area contributed by atoms with Crippen molar-refractivity contribution in [3.8, 4) is 22.4 Å². The molecule has 0 saturated heterocycles. The summed E-state index contributed by atoms with van der Waals surface area (Å²) >= 11 is 6.31. The van der Waals surface area contributed by atoms with Crippen molar-refractivity contribution in [1.29, 1.82) is 0 Å². The molecular weight excluding hydrogens is 400 g/mol. The number of fused-ring (bicyclic) bond motifs is 1. The van der Waals surface area contributed by atoms with Crippen LogP contribution in [0.2, 0.25) is 5.02 Å². The fourth-order valence-corrected chi connectivity index (χ4v) is 3.97. The molecule has 4 aromatic heterocycles. The predicted octanol–water partition coefficient (Wildman–Crippen LogP) is 4.26. The van der Waals surface area contributed by atoms with Crippen LogP contribution < -0.4 is 0 Å². The van der Waals surface area contributed by atoms with Crippen LogP contribution in [-0.2, 0) is 12.6 Å². The fourth-order valence-electron chi connectivity index (χ4n) is 3.65. The van der Waals surface area contributed by atoms with Crippen molar-refractivity contribution in [3.05, 3.63) is 77.5 Å². The molecule has 150 valence electrons. The molecule has 0 aliphatic heterocycles. The van der Waals surface area contributed by atoms with E-state index in [0.29, 0.717) is 22.0 Å². The Morgan fingerprint density at radius 2 is 1.97 bits per heavy atom. The van der Waals surface area contributed by atoms with Crippen molar-refractivity contribution in [2.75, 3.05) is 0 Å². The summed E-state index contributed by atoms with van der Waals surface area (Å²) in [4.78, 5) is 7.72. The molecule has 1 unspecified atom stereocenters. The molecule has 0 spiro atoms. The summed E-state index contributed by atoms with van der Waals surface area (Å²) in [7, 11) is 1.88. The lowest BCUT2D eigenvalue weighted by Crippen LogP contribution is -2.23. The van der Waals surface area contributed by atoms with Crippen molar-refractivity contribution in [2.24, 2.45) is 7.05 Å². The first-order chi connectivity index (χ1) is 14.4. The number of halogens is 1. The Balaban J connectivity index is 1.57. The number of H-pyrrole nitrogens is 2. The van der Waals surface area contributed by atoms with E-state index in [2.05, 4.69) is 31.3 Å². The first kappa shape index (κ1) is 18.6. The molecule has 0 amide bonds. The maximum absolute atomic E-state index is 11.2. The zero-order chi connectivity index (χ0) is 20.9. The second kappa shape index (κ2) is 6.83. The van der Waals surface area contributed by atoms with E-state index < -0.39 is 5.60 Å². The highest BCUT2D eigenvalue weighted by molar-refractivity contribution is 6.31. The molecule has 0 radical (unpaired) electrons. The lowest BCUT2D eigenvalue weighted by atomic mass is 9.92. The molecule has 0 fully saturated rings. The summed E-state index contributed by atoms with van der Waals surface area (Å²) in [6.07, 6.45) is 7.44. The second-order valence-corrected chi connectivity index (χ2v) is 7.85. The van der Waals surface area contributed by atoms with Gasteiger partial charge in [-0.2, -0.15) is 10.2 Å². The average Bonchev–Trinajstić information content (AvgIpc) is 3.46. The number of nitrogens with zero attached hydrogens (tertiary/aromatic N) is 4. The normalized spacial score (nSPS) is 13.6. The quantitative estimate of drug-likeness (QED) is 0.406. The summed E-state index contributed by atoms with van der Waals surface area (Å²) in [5.74, 6) is 0. The number of hydrogen-bond acceptors (Lipinski definition) is 4. The van der Waals surface area contributed by atoms with Gasteiger partial charge >= 0.3 is 0 Å². The molecular formula is C22H19ClN6O. The summed E-state index contributed by atoms with van der Waals surface area (Å²) in [5, 5.41) is 24.3. The van der Waals surface area contributed by atoms with Gasteiger partial charge in [0.1, 0.15) is 11.2 Å². The van der Waals surface area contributed by atoms with Gasteiger partial charge in [0.15, 0.2) is 0 Å².